The Labute approximate surface area is 316 Å². The Kier molecular flexibility index (Phi) is 15.5. The molecule has 2 saturated heterocycles. The summed E-state index contributed by atoms with van der Waals surface area (Å²) in [5.74, 6) is -1.06. The van der Waals surface area contributed by atoms with Gasteiger partial charge in [-0.25, -0.2) is 4.98 Å². The van der Waals surface area contributed by atoms with E-state index in [4.69, 9.17) is 0 Å². The van der Waals surface area contributed by atoms with Crippen LogP contribution in [0.3, 0.4) is 0 Å². The van der Waals surface area contributed by atoms with E-state index in [9.17, 15) is 24.3 Å². The van der Waals surface area contributed by atoms with Crippen LogP contribution in [0.25, 0.3) is 10.4 Å². The van der Waals surface area contributed by atoms with Crippen LogP contribution in [-0.4, -0.2) is 86.7 Å². The van der Waals surface area contributed by atoms with Crippen molar-refractivity contribution in [2.45, 2.75) is 129 Å². The highest BCUT2D eigenvalue weighted by molar-refractivity contribution is 9.09. The van der Waals surface area contributed by atoms with Crippen LogP contribution in [0.1, 0.15) is 116 Å². The fourth-order valence-electron chi connectivity index (χ4n) is 7.08. The molecule has 2 aliphatic rings. The summed E-state index contributed by atoms with van der Waals surface area (Å²) in [5.41, 5.74) is 4.15. The maximum atomic E-state index is 14.1. The van der Waals surface area contributed by atoms with Crippen LogP contribution in [-0.2, 0) is 19.2 Å². The SMILES string of the molecule is Cc1ncsc1-c1ccc(C(C)NC(=O)[C@@H]2C[C@@H](O)CN2C(=O)C(NC(=O)C2CCN(C(=O)CCCCCCCCCBr)CC2)C(C)(C)C)cc1. The Morgan fingerprint density at radius 3 is 2.18 bits per heavy atom. The van der Waals surface area contributed by atoms with Gasteiger partial charge in [0.25, 0.3) is 0 Å². The highest BCUT2D eigenvalue weighted by Gasteiger charge is 2.45. The Morgan fingerprint density at radius 1 is 0.961 bits per heavy atom. The summed E-state index contributed by atoms with van der Waals surface area (Å²) in [6.45, 7) is 10.6. The summed E-state index contributed by atoms with van der Waals surface area (Å²) in [5, 5.41) is 17.8. The molecule has 4 atom stereocenters. The van der Waals surface area contributed by atoms with Gasteiger partial charge < -0.3 is 25.5 Å². The van der Waals surface area contributed by atoms with E-state index in [1.54, 1.807) is 11.3 Å². The number of carbonyl (C=O) groups is 4. The molecule has 2 fully saturated rings. The summed E-state index contributed by atoms with van der Waals surface area (Å²) in [6, 6.07) is 5.93. The second-order valence-corrected chi connectivity index (χ2v) is 17.0. The molecule has 0 aliphatic carbocycles. The molecule has 2 aromatic rings. The Balaban J connectivity index is 1.29. The third-order valence-electron chi connectivity index (χ3n) is 10.3. The molecule has 0 bridgehead atoms. The van der Waals surface area contributed by atoms with Gasteiger partial charge in [-0.1, -0.05) is 93.1 Å². The Hall–Kier alpha value is -2.83. The average Bonchev–Trinajstić information content (AvgIpc) is 3.72. The number of benzene rings is 1. The maximum Gasteiger partial charge on any atom is 0.246 e. The minimum atomic E-state index is -0.884. The molecule has 1 aromatic heterocycles. The number of aliphatic hydroxyl groups is 1. The van der Waals surface area contributed by atoms with Gasteiger partial charge in [0.05, 0.1) is 28.2 Å². The highest BCUT2D eigenvalue weighted by atomic mass is 79.9. The van der Waals surface area contributed by atoms with Crippen LogP contribution >= 0.6 is 27.3 Å². The number of rotatable bonds is 16. The van der Waals surface area contributed by atoms with Crippen LogP contribution in [0.5, 0.6) is 0 Å². The summed E-state index contributed by atoms with van der Waals surface area (Å²) in [7, 11) is 0. The first kappa shape index (κ1) is 40.9. The number of alkyl halides is 1. The van der Waals surface area contributed by atoms with Gasteiger partial charge in [-0.05, 0) is 56.1 Å². The van der Waals surface area contributed by atoms with Crippen LogP contribution < -0.4 is 10.6 Å². The van der Waals surface area contributed by atoms with Gasteiger partial charge in [0, 0.05) is 43.7 Å². The maximum absolute atomic E-state index is 14.1. The average molecular weight is 789 g/mol. The molecule has 0 radical (unpaired) electrons. The molecule has 4 amide bonds. The van der Waals surface area contributed by atoms with Gasteiger partial charge in [-0.15, -0.1) is 11.3 Å². The Bertz CT molecular complexity index is 1450. The molecule has 51 heavy (non-hydrogen) atoms. The predicted molar refractivity (Wildman–Crippen MR) is 206 cm³/mol. The monoisotopic (exact) mass is 787 g/mol. The van der Waals surface area contributed by atoms with Gasteiger partial charge in [0.2, 0.25) is 23.6 Å². The molecule has 282 valence electrons. The van der Waals surface area contributed by atoms with E-state index in [-0.39, 0.29) is 48.6 Å². The zero-order valence-corrected chi connectivity index (χ0v) is 33.5. The molecule has 3 heterocycles. The summed E-state index contributed by atoms with van der Waals surface area (Å²) < 4.78 is 0. The van der Waals surface area contributed by atoms with Crippen molar-refractivity contribution in [2.75, 3.05) is 25.0 Å². The first-order chi connectivity index (χ1) is 24.3. The lowest BCUT2D eigenvalue weighted by atomic mass is 9.84. The number of likely N-dealkylation sites (tertiary alicyclic amines) is 2. The second kappa shape index (κ2) is 19.3. The predicted octanol–water partition coefficient (Wildman–Crippen LogP) is 6.54. The van der Waals surface area contributed by atoms with Crippen molar-refractivity contribution < 1.29 is 24.3 Å². The summed E-state index contributed by atoms with van der Waals surface area (Å²) >= 11 is 5.06. The number of hydrogen-bond donors (Lipinski definition) is 3. The molecule has 2 unspecified atom stereocenters. The largest absolute Gasteiger partial charge is 0.391 e. The first-order valence-electron chi connectivity index (χ1n) is 18.7. The quantitative estimate of drug-likeness (QED) is 0.131. The first-order valence-corrected chi connectivity index (χ1v) is 20.7. The lowest BCUT2D eigenvalue weighted by molar-refractivity contribution is -0.145. The number of aromatic nitrogens is 1. The smallest absolute Gasteiger partial charge is 0.246 e. The van der Waals surface area contributed by atoms with Crippen molar-refractivity contribution in [1.82, 2.24) is 25.4 Å². The molecule has 12 heteroatoms. The third-order valence-corrected chi connectivity index (χ3v) is 11.8. The zero-order chi connectivity index (χ0) is 37.1. The molecular formula is C39H58BrN5O5S. The van der Waals surface area contributed by atoms with Crippen molar-refractivity contribution >= 4 is 50.9 Å². The number of nitrogens with one attached hydrogen (secondary N) is 2. The van der Waals surface area contributed by atoms with Crippen LogP contribution in [0.2, 0.25) is 0 Å². The van der Waals surface area contributed by atoms with E-state index in [2.05, 4.69) is 31.5 Å². The number of amides is 4. The zero-order valence-electron chi connectivity index (χ0n) is 31.1. The third kappa shape index (κ3) is 11.6. The van der Waals surface area contributed by atoms with Gasteiger partial charge in [0.15, 0.2) is 0 Å². The van der Waals surface area contributed by atoms with E-state index in [0.29, 0.717) is 32.4 Å². The highest BCUT2D eigenvalue weighted by Crippen LogP contribution is 2.30. The minimum absolute atomic E-state index is 0.0221. The van der Waals surface area contributed by atoms with E-state index in [0.717, 1.165) is 46.3 Å². The molecule has 0 saturated carbocycles. The number of aliphatic hydroxyl groups excluding tert-OH is 1. The molecule has 3 N–H and O–H groups in total. The number of hydrogen-bond acceptors (Lipinski definition) is 7. The van der Waals surface area contributed by atoms with Gasteiger partial charge in [-0.3, -0.25) is 19.2 Å². The number of nitrogens with zero attached hydrogens (tertiary/aromatic N) is 3. The van der Waals surface area contributed by atoms with E-state index < -0.39 is 23.6 Å². The fourth-order valence-corrected chi connectivity index (χ4v) is 8.29. The van der Waals surface area contributed by atoms with Crippen molar-refractivity contribution in [3.8, 4) is 10.4 Å². The van der Waals surface area contributed by atoms with Gasteiger partial charge in [-0.2, -0.15) is 0 Å². The van der Waals surface area contributed by atoms with Gasteiger partial charge >= 0.3 is 0 Å². The van der Waals surface area contributed by atoms with Crippen LogP contribution in [0.15, 0.2) is 29.8 Å². The van der Waals surface area contributed by atoms with Crippen molar-refractivity contribution in [2.24, 2.45) is 11.3 Å². The van der Waals surface area contributed by atoms with Crippen molar-refractivity contribution in [3.05, 3.63) is 41.0 Å². The van der Waals surface area contributed by atoms with Crippen LogP contribution in [0.4, 0.5) is 0 Å². The number of thiazole rings is 1. The lowest BCUT2D eigenvalue weighted by Crippen LogP contribution is -2.59. The normalized spacial score (nSPS) is 19.5. The molecule has 4 rings (SSSR count). The van der Waals surface area contributed by atoms with Gasteiger partial charge in [0.1, 0.15) is 12.1 Å². The lowest BCUT2D eigenvalue weighted by Gasteiger charge is -2.37. The molecule has 10 nitrogen and oxygen atoms in total. The summed E-state index contributed by atoms with van der Waals surface area (Å²) in [4.78, 5) is 62.9. The van der Waals surface area contributed by atoms with Crippen molar-refractivity contribution in [1.29, 1.82) is 0 Å². The minimum Gasteiger partial charge on any atom is -0.391 e. The van der Waals surface area contributed by atoms with Crippen molar-refractivity contribution in [3.63, 3.8) is 0 Å². The number of halogens is 1. The van der Waals surface area contributed by atoms with E-state index in [1.165, 1.54) is 30.6 Å². The number of β-amino-alcohol motifs (C(OH)–C–C–N with tert-alkyl or cyclic N) is 1. The molecule has 2 aliphatic heterocycles. The topological polar surface area (TPSA) is 132 Å². The standard InChI is InChI=1S/C39H58BrN5O5S/c1-26(28-14-16-29(17-15-28)34-27(2)41-25-51-34)42-37(49)32-23-31(46)24-45(32)38(50)35(39(3,4)5)43-36(48)30-18-21-44(22-19-30)33(47)13-11-9-7-6-8-10-12-20-40/h14-17,25-26,30-32,35,46H,6-13,18-24H2,1-5H3,(H,42,49)(H,43,48)/t26?,31-,32+,35?/m1/s1. The number of unbranched alkanes of at least 4 members (excludes halogenated alkanes) is 6. The van der Waals surface area contributed by atoms with Crippen LogP contribution in [0, 0.1) is 18.3 Å². The number of piperidine rings is 1. The number of aryl methyl sites for hydroxylation is 1. The molecule has 0 spiro atoms. The van der Waals surface area contributed by atoms with E-state index in [1.807, 2.05) is 69.3 Å². The summed E-state index contributed by atoms with van der Waals surface area (Å²) in [6.07, 6.45) is 8.99. The molecular weight excluding hydrogens is 730 g/mol. The van der Waals surface area contributed by atoms with E-state index >= 15 is 0 Å². The Morgan fingerprint density at radius 2 is 1.59 bits per heavy atom. The second-order valence-electron chi connectivity index (χ2n) is 15.4. The fraction of sp³-hybridized carbons (Fsp3) is 0.667. The molecule has 1 aromatic carbocycles. The number of carbonyl (C=O) groups excluding carboxylic acids is 4.